The molecule has 1 aliphatic heterocycles. The molecule has 5 rings (SSSR count). The van der Waals surface area contributed by atoms with Crippen LogP contribution in [0, 0.1) is 18.3 Å². The largest absolute Gasteiger partial charge is 0.472 e. The molecule has 0 bridgehead atoms. The van der Waals surface area contributed by atoms with Crippen LogP contribution in [0.4, 0.5) is 4.79 Å². The number of benzene rings is 1. The normalized spacial score (nSPS) is 26.0. The van der Waals surface area contributed by atoms with E-state index in [-0.39, 0.29) is 31.1 Å². The summed E-state index contributed by atoms with van der Waals surface area (Å²) in [4.78, 5) is 46.1. The van der Waals surface area contributed by atoms with E-state index in [1.807, 2.05) is 31.2 Å². The number of aromatic nitrogens is 1. The number of fused-ring (bicyclic) bond motifs is 1. The molecule has 1 aromatic heterocycles. The fourth-order valence-electron chi connectivity index (χ4n) is 5.53. The molecular weight excluding hydrogens is 546 g/mol. The Morgan fingerprint density at radius 3 is 2.59 bits per heavy atom. The lowest BCUT2D eigenvalue weighted by atomic mass is 9.91. The van der Waals surface area contributed by atoms with Crippen LogP contribution in [0.1, 0.15) is 58.4 Å². The number of nitrogens with zero attached hydrogens (tertiary/aromatic N) is 2. The van der Waals surface area contributed by atoms with Gasteiger partial charge >= 0.3 is 6.09 Å². The van der Waals surface area contributed by atoms with Crippen molar-refractivity contribution in [2.75, 3.05) is 6.54 Å². The van der Waals surface area contributed by atoms with E-state index in [4.69, 9.17) is 9.47 Å². The predicted molar refractivity (Wildman–Crippen MR) is 153 cm³/mol. The second kappa shape index (κ2) is 10.4. The van der Waals surface area contributed by atoms with E-state index in [0.717, 1.165) is 16.3 Å². The smallest absolute Gasteiger partial charge is 0.411 e. The zero-order valence-electron chi connectivity index (χ0n) is 23.9. The number of allylic oxidation sites excluding steroid dienone is 1. The fourth-order valence-corrected chi connectivity index (χ4v) is 6.91. The van der Waals surface area contributed by atoms with Crippen LogP contribution in [0.15, 0.2) is 43.1 Å². The number of nitrogens with one attached hydrogen (secondary N) is 1. The molecule has 4 atom stereocenters. The average Bonchev–Trinajstić information content (AvgIpc) is 3.80. The van der Waals surface area contributed by atoms with Gasteiger partial charge in [0.05, 0.1) is 23.3 Å². The van der Waals surface area contributed by atoms with Gasteiger partial charge in [0.15, 0.2) is 5.78 Å². The second-order valence-electron chi connectivity index (χ2n) is 12.5. The molecule has 0 radical (unpaired) electrons. The van der Waals surface area contributed by atoms with Gasteiger partial charge in [-0.05, 0) is 70.4 Å². The number of ether oxygens (including phenoxy) is 2. The minimum atomic E-state index is -3.78. The molecule has 2 heterocycles. The lowest BCUT2D eigenvalue weighted by Crippen LogP contribution is -2.46. The second-order valence-corrected chi connectivity index (χ2v) is 14.4. The van der Waals surface area contributed by atoms with Crippen molar-refractivity contribution in [2.24, 2.45) is 11.3 Å². The Kier molecular flexibility index (Phi) is 7.38. The molecule has 3 aliphatic rings. The zero-order chi connectivity index (χ0) is 29.7. The Labute approximate surface area is 240 Å². The van der Waals surface area contributed by atoms with Crippen molar-refractivity contribution in [2.45, 2.75) is 82.8 Å². The highest BCUT2D eigenvalue weighted by molar-refractivity contribution is 7.90. The van der Waals surface area contributed by atoms with Crippen LogP contribution in [-0.4, -0.2) is 65.6 Å². The van der Waals surface area contributed by atoms with Crippen LogP contribution in [-0.2, 0) is 24.3 Å². The first-order valence-electron chi connectivity index (χ1n) is 14.0. The van der Waals surface area contributed by atoms with Crippen LogP contribution in [0.2, 0.25) is 0 Å². The molecule has 2 unspecified atom stereocenters. The minimum absolute atomic E-state index is 0.0926. The van der Waals surface area contributed by atoms with E-state index in [1.54, 1.807) is 33.0 Å². The van der Waals surface area contributed by atoms with Gasteiger partial charge in [-0.3, -0.25) is 19.2 Å². The van der Waals surface area contributed by atoms with Gasteiger partial charge < -0.3 is 9.47 Å². The van der Waals surface area contributed by atoms with E-state index in [9.17, 15) is 22.8 Å². The number of pyridine rings is 1. The zero-order valence-corrected chi connectivity index (χ0v) is 24.7. The lowest BCUT2D eigenvalue weighted by molar-refractivity contribution is -0.131. The van der Waals surface area contributed by atoms with Gasteiger partial charge in [-0.1, -0.05) is 23.8 Å². The average molecular weight is 584 g/mol. The number of amides is 2. The molecule has 1 N–H and O–H groups in total. The Balaban J connectivity index is 1.38. The summed E-state index contributed by atoms with van der Waals surface area (Å²) in [5.41, 5.74) is -0.964. The summed E-state index contributed by atoms with van der Waals surface area (Å²) in [5.74, 6) is -0.976. The topological polar surface area (TPSA) is 132 Å². The summed E-state index contributed by atoms with van der Waals surface area (Å²) in [6.07, 6.45) is 3.31. The van der Waals surface area contributed by atoms with Crippen molar-refractivity contribution >= 4 is 38.6 Å². The number of hydrogen-bond donors (Lipinski definition) is 1. The van der Waals surface area contributed by atoms with Gasteiger partial charge in [0, 0.05) is 24.4 Å². The maximum Gasteiger partial charge on any atom is 0.411 e. The third kappa shape index (κ3) is 6.10. The third-order valence-corrected chi connectivity index (χ3v) is 9.80. The molecule has 0 spiro atoms. The highest BCUT2D eigenvalue weighted by atomic mass is 32.2. The number of rotatable bonds is 9. The Hall–Kier alpha value is -3.47. The maximum absolute atomic E-state index is 13.8. The monoisotopic (exact) mass is 583 g/mol. The van der Waals surface area contributed by atoms with Gasteiger partial charge in [0.1, 0.15) is 11.7 Å². The van der Waals surface area contributed by atoms with E-state index < -0.39 is 50.4 Å². The van der Waals surface area contributed by atoms with Crippen LogP contribution in [0.5, 0.6) is 5.88 Å². The molecule has 2 aliphatic carbocycles. The SMILES string of the molecule is C=C[C@@H]1C[C@]1(CC(=O)C1CC(Oc2nccc3ccc(C)cc23)CN1C(=O)OC(C)(C)C)C(=O)NS(=O)(=O)C1CC1. The number of hydrogen-bond acceptors (Lipinski definition) is 8. The summed E-state index contributed by atoms with van der Waals surface area (Å²) in [7, 11) is -3.78. The van der Waals surface area contributed by atoms with E-state index in [2.05, 4.69) is 16.3 Å². The molecule has 3 fully saturated rings. The molecule has 11 heteroatoms. The van der Waals surface area contributed by atoms with Gasteiger partial charge in [-0.2, -0.15) is 0 Å². The van der Waals surface area contributed by atoms with Gasteiger partial charge in [-0.15, -0.1) is 6.58 Å². The van der Waals surface area contributed by atoms with Crippen molar-refractivity contribution in [1.82, 2.24) is 14.6 Å². The minimum Gasteiger partial charge on any atom is -0.472 e. The van der Waals surface area contributed by atoms with Crippen molar-refractivity contribution in [3.63, 3.8) is 0 Å². The van der Waals surface area contributed by atoms with Crippen molar-refractivity contribution in [3.8, 4) is 5.88 Å². The van der Waals surface area contributed by atoms with Crippen LogP contribution in [0.3, 0.4) is 0 Å². The highest BCUT2D eigenvalue weighted by Crippen LogP contribution is 2.57. The first-order valence-corrected chi connectivity index (χ1v) is 15.5. The number of aryl methyl sites for hydroxylation is 1. The molecular formula is C30H37N3O7S. The fraction of sp³-hybridized carbons (Fsp3) is 0.533. The van der Waals surface area contributed by atoms with E-state index >= 15 is 0 Å². The summed E-state index contributed by atoms with van der Waals surface area (Å²) in [6.45, 7) is 11.1. The van der Waals surface area contributed by atoms with Crippen molar-refractivity contribution in [1.29, 1.82) is 0 Å². The van der Waals surface area contributed by atoms with Crippen LogP contribution in [0.25, 0.3) is 10.8 Å². The van der Waals surface area contributed by atoms with Crippen LogP contribution >= 0.6 is 0 Å². The van der Waals surface area contributed by atoms with Gasteiger partial charge in [0.25, 0.3) is 0 Å². The third-order valence-electron chi connectivity index (χ3n) is 7.98. The molecule has 2 saturated carbocycles. The van der Waals surface area contributed by atoms with Gasteiger partial charge in [0.2, 0.25) is 21.8 Å². The molecule has 10 nitrogen and oxygen atoms in total. The molecule has 1 saturated heterocycles. The van der Waals surface area contributed by atoms with Crippen molar-refractivity contribution in [3.05, 3.63) is 48.7 Å². The number of likely N-dealkylation sites (tertiary alicyclic amines) is 1. The van der Waals surface area contributed by atoms with Crippen molar-refractivity contribution < 1.29 is 32.3 Å². The maximum atomic E-state index is 13.8. The highest BCUT2D eigenvalue weighted by Gasteiger charge is 2.61. The Morgan fingerprint density at radius 2 is 1.95 bits per heavy atom. The quantitative estimate of drug-likeness (QED) is 0.437. The number of sulfonamides is 1. The molecule has 1 aromatic carbocycles. The Bertz CT molecular complexity index is 1510. The molecule has 2 amide bonds. The number of carbonyl (C=O) groups excluding carboxylic acids is 3. The molecule has 220 valence electrons. The predicted octanol–water partition coefficient (Wildman–Crippen LogP) is 4.06. The lowest BCUT2D eigenvalue weighted by Gasteiger charge is -2.28. The molecule has 41 heavy (non-hydrogen) atoms. The first kappa shape index (κ1) is 29.0. The standard InChI is InChI=1S/C30H37N3O7S/c1-6-20-15-30(20,27(35)32-41(37,38)22-9-10-22)16-25(34)24-14-21(17-33(24)28(36)40-29(3,4)5)39-26-23-13-18(2)7-8-19(23)11-12-31-26/h6-8,11-13,20-22,24H,1,9-10,14-17H2,2-5H3,(H,32,35)/t20-,21?,24?,30-/m1/s1. The summed E-state index contributed by atoms with van der Waals surface area (Å²) < 4.78 is 39.1. The first-order chi connectivity index (χ1) is 19.2. The Morgan fingerprint density at radius 1 is 1.22 bits per heavy atom. The van der Waals surface area contributed by atoms with Crippen LogP contribution < -0.4 is 9.46 Å². The summed E-state index contributed by atoms with van der Waals surface area (Å²) in [6, 6.07) is 6.92. The summed E-state index contributed by atoms with van der Waals surface area (Å²) >= 11 is 0. The molecule has 2 aromatic rings. The van der Waals surface area contributed by atoms with Gasteiger partial charge in [-0.25, -0.2) is 18.2 Å². The number of ketones is 1. The number of Topliss-reactive ketones (excluding diaryl/α,β-unsaturated/α-hetero) is 1. The van der Waals surface area contributed by atoms with E-state index in [0.29, 0.717) is 25.1 Å². The number of carbonyl (C=O) groups is 3. The van der Waals surface area contributed by atoms with E-state index in [1.165, 1.54) is 4.90 Å². The summed E-state index contributed by atoms with van der Waals surface area (Å²) in [5, 5.41) is 1.21.